The molecule has 0 atom stereocenters. The fraction of sp³-hybridized carbons (Fsp3) is 0.320. The van der Waals surface area contributed by atoms with Crippen molar-refractivity contribution in [1.82, 2.24) is 15.0 Å². The molecule has 0 saturated heterocycles. The van der Waals surface area contributed by atoms with Gasteiger partial charge in [0.15, 0.2) is 11.5 Å². The Bertz CT molecular complexity index is 1040. The van der Waals surface area contributed by atoms with E-state index < -0.39 is 0 Å². The zero-order valence-electron chi connectivity index (χ0n) is 18.6. The van der Waals surface area contributed by atoms with Gasteiger partial charge in [-0.3, -0.25) is 9.59 Å². The summed E-state index contributed by atoms with van der Waals surface area (Å²) in [4.78, 5) is 29.3. The highest BCUT2D eigenvalue weighted by atomic mass is 16.5. The van der Waals surface area contributed by atoms with Gasteiger partial charge in [-0.05, 0) is 44.9 Å². The fourth-order valence-corrected chi connectivity index (χ4v) is 3.51. The summed E-state index contributed by atoms with van der Waals surface area (Å²) in [5, 5.41) is 4.03. The van der Waals surface area contributed by atoms with Gasteiger partial charge in [0.05, 0.1) is 0 Å². The standard InChI is InChI=1S/C25H29N3O3/c1-5-27(6-2)24(29)17-28(16-20-10-8-7-9-11-20)25(30)22-15-23(31-26-22)21-14-18(3)12-13-19(21)4/h7-15H,5-6,16-17H2,1-4H3. The summed E-state index contributed by atoms with van der Waals surface area (Å²) in [5.41, 5.74) is 4.18. The Labute approximate surface area is 183 Å². The summed E-state index contributed by atoms with van der Waals surface area (Å²) >= 11 is 0. The molecular weight excluding hydrogens is 390 g/mol. The molecule has 3 aromatic rings. The highest BCUT2D eigenvalue weighted by Gasteiger charge is 2.25. The third kappa shape index (κ3) is 5.40. The average molecular weight is 420 g/mol. The molecule has 0 bridgehead atoms. The van der Waals surface area contributed by atoms with Crippen molar-refractivity contribution in [2.45, 2.75) is 34.2 Å². The predicted octanol–water partition coefficient (Wildman–Crippen LogP) is 4.47. The number of hydrogen-bond donors (Lipinski definition) is 0. The van der Waals surface area contributed by atoms with Gasteiger partial charge in [0.25, 0.3) is 5.91 Å². The minimum absolute atomic E-state index is 0.0128. The molecule has 1 heterocycles. The highest BCUT2D eigenvalue weighted by Crippen LogP contribution is 2.26. The predicted molar refractivity (Wildman–Crippen MR) is 121 cm³/mol. The van der Waals surface area contributed by atoms with E-state index in [-0.39, 0.29) is 24.1 Å². The van der Waals surface area contributed by atoms with Gasteiger partial charge >= 0.3 is 0 Å². The van der Waals surface area contributed by atoms with E-state index in [0.29, 0.717) is 25.4 Å². The van der Waals surface area contributed by atoms with E-state index in [1.54, 1.807) is 11.0 Å². The van der Waals surface area contributed by atoms with Crippen LogP contribution >= 0.6 is 0 Å². The van der Waals surface area contributed by atoms with Crippen LogP contribution in [-0.4, -0.2) is 46.4 Å². The fourth-order valence-electron chi connectivity index (χ4n) is 3.51. The van der Waals surface area contributed by atoms with Crippen molar-refractivity contribution in [1.29, 1.82) is 0 Å². The zero-order chi connectivity index (χ0) is 22.4. The Balaban J connectivity index is 1.88. The lowest BCUT2D eigenvalue weighted by molar-refractivity contribution is -0.131. The topological polar surface area (TPSA) is 66.7 Å². The number of carbonyl (C=O) groups excluding carboxylic acids is 2. The molecule has 0 unspecified atom stereocenters. The largest absolute Gasteiger partial charge is 0.355 e. The zero-order valence-corrected chi connectivity index (χ0v) is 18.6. The molecule has 3 rings (SSSR count). The van der Waals surface area contributed by atoms with Crippen LogP contribution in [0.15, 0.2) is 59.1 Å². The van der Waals surface area contributed by atoms with Crippen molar-refractivity contribution in [3.63, 3.8) is 0 Å². The van der Waals surface area contributed by atoms with Crippen molar-refractivity contribution >= 4 is 11.8 Å². The lowest BCUT2D eigenvalue weighted by atomic mass is 10.0. The van der Waals surface area contributed by atoms with E-state index in [1.807, 2.05) is 76.2 Å². The van der Waals surface area contributed by atoms with Gasteiger partial charge in [-0.2, -0.15) is 0 Å². The number of hydrogen-bond acceptors (Lipinski definition) is 4. The Morgan fingerprint density at radius 1 is 0.935 bits per heavy atom. The first-order valence-corrected chi connectivity index (χ1v) is 10.6. The number of aromatic nitrogens is 1. The minimum atomic E-state index is -0.329. The van der Waals surface area contributed by atoms with Gasteiger partial charge in [0.1, 0.15) is 6.54 Å². The third-order valence-electron chi connectivity index (χ3n) is 5.33. The number of likely N-dealkylation sites (N-methyl/N-ethyl adjacent to an activating group) is 1. The van der Waals surface area contributed by atoms with E-state index in [2.05, 4.69) is 5.16 Å². The Kier molecular flexibility index (Phi) is 7.23. The molecule has 0 aliphatic heterocycles. The smallest absolute Gasteiger partial charge is 0.276 e. The van der Waals surface area contributed by atoms with Gasteiger partial charge < -0.3 is 14.3 Å². The number of aryl methyl sites for hydroxylation is 2. The Hall–Kier alpha value is -3.41. The van der Waals surface area contributed by atoms with Crippen LogP contribution in [0.5, 0.6) is 0 Å². The molecule has 0 saturated carbocycles. The van der Waals surface area contributed by atoms with Crippen LogP contribution in [0.3, 0.4) is 0 Å². The first-order valence-electron chi connectivity index (χ1n) is 10.6. The molecule has 6 nitrogen and oxygen atoms in total. The van der Waals surface area contributed by atoms with Gasteiger partial charge in [-0.1, -0.05) is 53.2 Å². The molecule has 0 aliphatic carbocycles. The normalized spacial score (nSPS) is 10.7. The van der Waals surface area contributed by atoms with E-state index in [1.165, 1.54) is 4.90 Å². The maximum atomic E-state index is 13.3. The van der Waals surface area contributed by atoms with Crippen LogP contribution in [0.1, 0.15) is 41.0 Å². The summed E-state index contributed by atoms with van der Waals surface area (Å²) < 4.78 is 5.51. The molecule has 0 fully saturated rings. The van der Waals surface area contributed by atoms with Crippen molar-refractivity contribution < 1.29 is 14.1 Å². The molecule has 0 aliphatic rings. The number of rotatable bonds is 8. The molecule has 2 amide bonds. The quantitative estimate of drug-likeness (QED) is 0.540. The van der Waals surface area contributed by atoms with Crippen molar-refractivity contribution in [3.8, 4) is 11.3 Å². The summed E-state index contributed by atoms with van der Waals surface area (Å²) in [6.07, 6.45) is 0. The van der Waals surface area contributed by atoms with E-state index in [9.17, 15) is 9.59 Å². The molecule has 0 spiro atoms. The molecule has 6 heteroatoms. The molecule has 0 N–H and O–H groups in total. The van der Waals surface area contributed by atoms with Gasteiger partial charge in [-0.15, -0.1) is 0 Å². The summed E-state index contributed by atoms with van der Waals surface area (Å²) in [5.74, 6) is 0.122. The Morgan fingerprint density at radius 2 is 1.65 bits per heavy atom. The van der Waals surface area contributed by atoms with Gasteiger partial charge in [0, 0.05) is 31.3 Å². The second kappa shape index (κ2) is 10.1. The molecule has 31 heavy (non-hydrogen) atoms. The van der Waals surface area contributed by atoms with E-state index >= 15 is 0 Å². The molecule has 1 aromatic heterocycles. The summed E-state index contributed by atoms with van der Waals surface area (Å²) in [7, 11) is 0. The first kappa shape index (κ1) is 22.3. The van der Waals surface area contributed by atoms with Gasteiger partial charge in [-0.25, -0.2) is 0 Å². The minimum Gasteiger partial charge on any atom is -0.355 e. The highest BCUT2D eigenvalue weighted by molar-refractivity contribution is 5.95. The van der Waals surface area contributed by atoms with E-state index in [0.717, 1.165) is 22.3 Å². The van der Waals surface area contributed by atoms with Gasteiger partial charge in [0.2, 0.25) is 5.91 Å². The van der Waals surface area contributed by atoms with E-state index in [4.69, 9.17) is 4.52 Å². The lowest BCUT2D eigenvalue weighted by Gasteiger charge is -2.25. The van der Waals surface area contributed by atoms with Crippen LogP contribution in [0.25, 0.3) is 11.3 Å². The van der Waals surface area contributed by atoms with Crippen molar-refractivity contribution in [2.24, 2.45) is 0 Å². The second-order valence-electron chi connectivity index (χ2n) is 7.61. The maximum absolute atomic E-state index is 13.3. The van der Waals surface area contributed by atoms with Crippen LogP contribution < -0.4 is 0 Å². The Morgan fingerprint density at radius 3 is 2.32 bits per heavy atom. The molecular formula is C25H29N3O3. The molecule has 162 valence electrons. The monoisotopic (exact) mass is 419 g/mol. The SMILES string of the molecule is CCN(CC)C(=O)CN(Cc1ccccc1)C(=O)c1cc(-c2cc(C)ccc2C)on1. The number of carbonyl (C=O) groups is 2. The summed E-state index contributed by atoms with van der Waals surface area (Å²) in [6, 6.07) is 17.3. The third-order valence-corrected chi connectivity index (χ3v) is 5.33. The summed E-state index contributed by atoms with van der Waals surface area (Å²) in [6.45, 7) is 9.36. The average Bonchev–Trinajstić information content (AvgIpc) is 3.26. The van der Waals surface area contributed by atoms with Crippen LogP contribution in [0, 0.1) is 13.8 Å². The van der Waals surface area contributed by atoms with Crippen molar-refractivity contribution in [3.05, 3.63) is 77.0 Å². The van der Waals surface area contributed by atoms with Crippen LogP contribution in [0.4, 0.5) is 0 Å². The number of benzene rings is 2. The molecule has 0 radical (unpaired) electrons. The van der Waals surface area contributed by atoms with Crippen molar-refractivity contribution in [2.75, 3.05) is 19.6 Å². The lowest BCUT2D eigenvalue weighted by Crippen LogP contribution is -2.42. The van der Waals surface area contributed by atoms with Crippen LogP contribution in [0.2, 0.25) is 0 Å². The van der Waals surface area contributed by atoms with Crippen LogP contribution in [-0.2, 0) is 11.3 Å². The number of nitrogens with zero attached hydrogens (tertiary/aromatic N) is 3. The first-order chi connectivity index (χ1) is 14.9. The number of amides is 2. The molecule has 2 aromatic carbocycles. The second-order valence-corrected chi connectivity index (χ2v) is 7.61. The maximum Gasteiger partial charge on any atom is 0.276 e.